The van der Waals surface area contributed by atoms with Gasteiger partial charge in [-0.3, -0.25) is 14.3 Å². The first kappa shape index (κ1) is 22.5. The number of likely N-dealkylation sites (tertiary alicyclic amines) is 1. The summed E-state index contributed by atoms with van der Waals surface area (Å²) in [6, 6.07) is 5.55. The molecule has 1 aromatic carbocycles. The van der Waals surface area contributed by atoms with Gasteiger partial charge in [-0.2, -0.15) is 10.4 Å². The van der Waals surface area contributed by atoms with E-state index < -0.39 is 43.3 Å². The second-order valence-corrected chi connectivity index (χ2v) is 8.25. The van der Waals surface area contributed by atoms with E-state index in [9.17, 15) is 18.4 Å². The molecular formula is C18H14BrCl2F2N5O2. The standard InChI is InChI=1S/C18H14BrCl2F2N5O2/c19-16-12(8-27(26-16)7-10-1-2-13(20)14(21)3-10)17(30)25-6-15(29)28-9-18(22,23)4-11(28)5-24/h1-3,8,11H,4,6-7,9H2,(H,25,30)/t11-/m0/s1. The van der Waals surface area contributed by atoms with Gasteiger partial charge in [0.25, 0.3) is 11.8 Å². The molecule has 7 nitrogen and oxygen atoms in total. The Hall–Kier alpha value is -2.22. The van der Waals surface area contributed by atoms with E-state index in [1.54, 1.807) is 24.3 Å². The Morgan fingerprint density at radius 1 is 1.37 bits per heavy atom. The summed E-state index contributed by atoms with van der Waals surface area (Å²) in [6.07, 6.45) is 0.755. The van der Waals surface area contributed by atoms with E-state index in [4.69, 9.17) is 28.5 Å². The second-order valence-electron chi connectivity index (χ2n) is 6.69. The van der Waals surface area contributed by atoms with Crippen LogP contribution in [-0.2, 0) is 11.3 Å². The predicted molar refractivity (Wildman–Crippen MR) is 109 cm³/mol. The van der Waals surface area contributed by atoms with Crippen LogP contribution in [0.2, 0.25) is 10.0 Å². The highest BCUT2D eigenvalue weighted by atomic mass is 79.9. The van der Waals surface area contributed by atoms with Crippen LogP contribution in [0.25, 0.3) is 0 Å². The summed E-state index contributed by atoms with van der Waals surface area (Å²) in [7, 11) is 0. The quantitative estimate of drug-likeness (QED) is 0.653. The van der Waals surface area contributed by atoms with Gasteiger partial charge in [0.15, 0.2) is 0 Å². The molecule has 1 N–H and O–H groups in total. The van der Waals surface area contributed by atoms with E-state index >= 15 is 0 Å². The molecule has 30 heavy (non-hydrogen) atoms. The highest BCUT2D eigenvalue weighted by Crippen LogP contribution is 2.31. The van der Waals surface area contributed by atoms with Crippen molar-refractivity contribution < 1.29 is 18.4 Å². The van der Waals surface area contributed by atoms with E-state index in [1.165, 1.54) is 10.9 Å². The maximum absolute atomic E-state index is 13.5. The molecule has 1 saturated heterocycles. The zero-order valence-electron chi connectivity index (χ0n) is 15.2. The van der Waals surface area contributed by atoms with Gasteiger partial charge in [-0.15, -0.1) is 0 Å². The molecule has 1 aliphatic rings. The van der Waals surface area contributed by atoms with Crippen molar-refractivity contribution in [2.24, 2.45) is 0 Å². The SMILES string of the molecule is N#C[C@@H]1CC(F)(F)CN1C(=O)CNC(=O)c1cn(Cc2ccc(Cl)c(Cl)c2)nc1Br. The largest absolute Gasteiger partial charge is 0.343 e. The molecule has 3 rings (SSSR count). The number of carbonyl (C=O) groups is 2. The number of rotatable bonds is 5. The smallest absolute Gasteiger partial charge is 0.268 e. The summed E-state index contributed by atoms with van der Waals surface area (Å²) in [5.41, 5.74) is 0.963. The van der Waals surface area contributed by atoms with Gasteiger partial charge in [0, 0.05) is 12.6 Å². The lowest BCUT2D eigenvalue weighted by molar-refractivity contribution is -0.131. The Morgan fingerprint density at radius 2 is 2.10 bits per heavy atom. The van der Waals surface area contributed by atoms with Crippen LogP contribution in [0.5, 0.6) is 0 Å². The molecule has 158 valence electrons. The van der Waals surface area contributed by atoms with Gasteiger partial charge in [0.05, 0.1) is 41.3 Å². The number of benzene rings is 1. The number of halogens is 5. The molecule has 0 unspecified atom stereocenters. The van der Waals surface area contributed by atoms with Gasteiger partial charge in [-0.1, -0.05) is 29.3 Å². The number of alkyl halides is 2. The lowest BCUT2D eigenvalue weighted by Crippen LogP contribution is -2.42. The molecule has 0 aliphatic carbocycles. The summed E-state index contributed by atoms with van der Waals surface area (Å²) in [4.78, 5) is 25.4. The first-order valence-electron chi connectivity index (χ1n) is 8.61. The van der Waals surface area contributed by atoms with Crippen molar-refractivity contribution in [3.05, 3.63) is 50.2 Å². The summed E-state index contributed by atoms with van der Waals surface area (Å²) < 4.78 is 28.7. The molecule has 0 saturated carbocycles. The van der Waals surface area contributed by atoms with Crippen LogP contribution in [-0.4, -0.2) is 51.5 Å². The van der Waals surface area contributed by atoms with Crippen LogP contribution in [0.4, 0.5) is 8.78 Å². The van der Waals surface area contributed by atoms with Crippen LogP contribution in [0.15, 0.2) is 29.0 Å². The fourth-order valence-electron chi connectivity index (χ4n) is 3.00. The third-order valence-electron chi connectivity index (χ3n) is 4.43. The molecule has 0 bridgehead atoms. The van der Waals surface area contributed by atoms with E-state index in [2.05, 4.69) is 26.3 Å². The molecule has 2 amide bonds. The number of nitriles is 1. The minimum Gasteiger partial charge on any atom is -0.343 e. The molecule has 0 radical (unpaired) electrons. The molecular weight excluding hydrogens is 507 g/mol. The number of hydrogen-bond acceptors (Lipinski definition) is 4. The maximum Gasteiger partial charge on any atom is 0.268 e. The lowest BCUT2D eigenvalue weighted by Gasteiger charge is -2.19. The topological polar surface area (TPSA) is 91.0 Å². The third-order valence-corrected chi connectivity index (χ3v) is 5.75. The van der Waals surface area contributed by atoms with Gasteiger partial charge in [0.1, 0.15) is 10.6 Å². The Balaban J connectivity index is 1.63. The van der Waals surface area contributed by atoms with Crippen molar-refractivity contribution in [2.75, 3.05) is 13.1 Å². The number of aromatic nitrogens is 2. The number of nitrogens with one attached hydrogen (secondary N) is 1. The summed E-state index contributed by atoms with van der Waals surface area (Å²) in [6.45, 7) is -1.04. The van der Waals surface area contributed by atoms with Crippen LogP contribution < -0.4 is 5.32 Å². The van der Waals surface area contributed by atoms with Gasteiger partial charge >= 0.3 is 0 Å². The molecule has 1 atom stereocenters. The van der Waals surface area contributed by atoms with Crippen LogP contribution in [0, 0.1) is 11.3 Å². The zero-order chi connectivity index (χ0) is 22.1. The van der Waals surface area contributed by atoms with E-state index in [0.717, 1.165) is 10.5 Å². The Morgan fingerprint density at radius 3 is 2.77 bits per heavy atom. The molecule has 2 heterocycles. The first-order valence-corrected chi connectivity index (χ1v) is 10.2. The molecule has 12 heteroatoms. The summed E-state index contributed by atoms with van der Waals surface area (Å²) in [5, 5.41) is 16.3. The highest BCUT2D eigenvalue weighted by Gasteiger charge is 2.47. The minimum atomic E-state index is -3.12. The second kappa shape index (κ2) is 8.88. The molecule has 1 aliphatic heterocycles. The highest BCUT2D eigenvalue weighted by molar-refractivity contribution is 9.10. The van der Waals surface area contributed by atoms with Crippen molar-refractivity contribution in [3.63, 3.8) is 0 Å². The average Bonchev–Trinajstić information content (AvgIpc) is 3.21. The lowest BCUT2D eigenvalue weighted by atomic mass is 10.2. The van der Waals surface area contributed by atoms with Gasteiger partial charge < -0.3 is 10.2 Å². The Bertz CT molecular complexity index is 1040. The molecule has 1 fully saturated rings. The van der Waals surface area contributed by atoms with Crippen molar-refractivity contribution >= 4 is 50.9 Å². The first-order chi connectivity index (χ1) is 14.1. The molecule has 1 aromatic heterocycles. The van der Waals surface area contributed by atoms with Crippen LogP contribution in [0.1, 0.15) is 22.3 Å². The van der Waals surface area contributed by atoms with E-state index in [0.29, 0.717) is 16.6 Å². The minimum absolute atomic E-state index is 0.159. The summed E-state index contributed by atoms with van der Waals surface area (Å²) in [5.74, 6) is -4.49. The van der Waals surface area contributed by atoms with Crippen molar-refractivity contribution in [1.82, 2.24) is 20.0 Å². The summed E-state index contributed by atoms with van der Waals surface area (Å²) >= 11 is 15.1. The van der Waals surface area contributed by atoms with Crippen LogP contribution >= 0.6 is 39.1 Å². The van der Waals surface area contributed by atoms with Crippen molar-refractivity contribution in [1.29, 1.82) is 5.26 Å². The third kappa shape index (κ3) is 5.09. The number of nitrogens with zero attached hydrogens (tertiary/aromatic N) is 4. The normalized spacial score (nSPS) is 17.6. The average molecular weight is 521 g/mol. The van der Waals surface area contributed by atoms with Gasteiger partial charge in [0.2, 0.25) is 5.91 Å². The Labute approximate surface area is 188 Å². The fourth-order valence-corrected chi connectivity index (χ4v) is 3.81. The van der Waals surface area contributed by atoms with Crippen molar-refractivity contribution in [3.8, 4) is 6.07 Å². The Kier molecular flexibility index (Phi) is 6.65. The fraction of sp³-hybridized carbons (Fsp3) is 0.333. The number of amides is 2. The van der Waals surface area contributed by atoms with E-state index in [-0.39, 0.29) is 10.2 Å². The van der Waals surface area contributed by atoms with Crippen LogP contribution in [0.3, 0.4) is 0 Å². The van der Waals surface area contributed by atoms with Gasteiger partial charge in [-0.25, -0.2) is 8.78 Å². The molecule has 2 aromatic rings. The van der Waals surface area contributed by atoms with Crippen molar-refractivity contribution in [2.45, 2.75) is 24.9 Å². The monoisotopic (exact) mass is 519 g/mol. The van der Waals surface area contributed by atoms with E-state index in [1.807, 2.05) is 0 Å². The number of carbonyl (C=O) groups excluding carboxylic acids is 2. The molecule has 0 spiro atoms. The predicted octanol–water partition coefficient (Wildman–Crippen LogP) is 3.49. The number of hydrogen-bond donors (Lipinski definition) is 1. The zero-order valence-corrected chi connectivity index (χ0v) is 18.3. The van der Waals surface area contributed by atoms with Gasteiger partial charge in [-0.05, 0) is 33.6 Å². The maximum atomic E-state index is 13.5.